The normalized spacial score (nSPS) is 10.7. The lowest BCUT2D eigenvalue weighted by molar-refractivity contribution is 0.102. The molecule has 0 radical (unpaired) electrons. The van der Waals surface area contributed by atoms with Crippen LogP contribution in [0.2, 0.25) is 0 Å². The quantitative estimate of drug-likeness (QED) is 0.829. The Bertz CT molecular complexity index is 705. The second-order valence-electron chi connectivity index (χ2n) is 5.26. The Morgan fingerprint density at radius 1 is 1.04 bits per heavy atom. The largest absolute Gasteiger partial charge is 0.368 e. The van der Waals surface area contributed by atoms with Gasteiger partial charge >= 0.3 is 0 Å². The standard InChI is InChI=1S/C15H15F3N4O/c1-8(2)7-19-11-5-6-12(22-21-11)20-15(23)9-3-4-10(16)14(18)13(9)17/h3-6,8H,7H2,1-2H3,(H,19,21)(H,20,22,23). The summed E-state index contributed by atoms with van der Waals surface area (Å²) in [5.74, 6) is -4.54. The van der Waals surface area contributed by atoms with Crippen LogP contribution in [0, 0.1) is 23.4 Å². The van der Waals surface area contributed by atoms with Crippen LogP contribution in [-0.4, -0.2) is 22.6 Å². The number of nitrogens with zero attached hydrogens (tertiary/aromatic N) is 2. The van der Waals surface area contributed by atoms with E-state index < -0.39 is 28.9 Å². The molecule has 0 fully saturated rings. The molecule has 1 heterocycles. The van der Waals surface area contributed by atoms with Gasteiger partial charge < -0.3 is 10.6 Å². The highest BCUT2D eigenvalue weighted by Gasteiger charge is 2.19. The third-order valence-electron chi connectivity index (χ3n) is 2.88. The minimum atomic E-state index is -1.70. The van der Waals surface area contributed by atoms with Gasteiger partial charge in [-0.3, -0.25) is 4.79 Å². The molecule has 1 aromatic carbocycles. The lowest BCUT2D eigenvalue weighted by Gasteiger charge is -2.09. The highest BCUT2D eigenvalue weighted by Crippen LogP contribution is 2.16. The molecule has 23 heavy (non-hydrogen) atoms. The van der Waals surface area contributed by atoms with Crippen LogP contribution in [0.1, 0.15) is 24.2 Å². The third-order valence-corrected chi connectivity index (χ3v) is 2.88. The Labute approximate surface area is 130 Å². The maximum atomic E-state index is 13.5. The summed E-state index contributed by atoms with van der Waals surface area (Å²) in [5.41, 5.74) is -0.618. The van der Waals surface area contributed by atoms with Gasteiger partial charge in [-0.2, -0.15) is 0 Å². The lowest BCUT2D eigenvalue weighted by Crippen LogP contribution is -2.16. The summed E-state index contributed by atoms with van der Waals surface area (Å²) in [6.45, 7) is 4.78. The first-order valence-corrected chi connectivity index (χ1v) is 6.91. The highest BCUT2D eigenvalue weighted by atomic mass is 19.2. The van der Waals surface area contributed by atoms with Crippen molar-refractivity contribution in [3.05, 3.63) is 47.3 Å². The molecular formula is C15H15F3N4O. The van der Waals surface area contributed by atoms with Crippen LogP contribution in [0.5, 0.6) is 0 Å². The van der Waals surface area contributed by atoms with Gasteiger partial charge in [0, 0.05) is 6.54 Å². The molecular weight excluding hydrogens is 309 g/mol. The smallest absolute Gasteiger partial charge is 0.259 e. The van der Waals surface area contributed by atoms with E-state index in [2.05, 4.69) is 20.8 Å². The zero-order valence-electron chi connectivity index (χ0n) is 12.5. The van der Waals surface area contributed by atoms with Gasteiger partial charge in [0.25, 0.3) is 5.91 Å². The predicted molar refractivity (Wildman–Crippen MR) is 79.6 cm³/mol. The molecule has 2 N–H and O–H groups in total. The van der Waals surface area contributed by atoms with E-state index in [0.29, 0.717) is 24.3 Å². The van der Waals surface area contributed by atoms with E-state index >= 15 is 0 Å². The number of hydrogen-bond donors (Lipinski definition) is 2. The van der Waals surface area contributed by atoms with Crippen molar-refractivity contribution in [3.63, 3.8) is 0 Å². The van der Waals surface area contributed by atoms with Gasteiger partial charge in [0.2, 0.25) is 0 Å². The van der Waals surface area contributed by atoms with Crippen molar-refractivity contribution in [2.75, 3.05) is 17.2 Å². The second kappa shape index (κ2) is 7.08. The van der Waals surface area contributed by atoms with E-state index in [-0.39, 0.29) is 5.82 Å². The van der Waals surface area contributed by atoms with Crippen LogP contribution in [-0.2, 0) is 0 Å². The van der Waals surface area contributed by atoms with Crippen LogP contribution in [0.15, 0.2) is 24.3 Å². The number of carbonyl (C=O) groups excluding carboxylic acids is 1. The Hall–Kier alpha value is -2.64. The van der Waals surface area contributed by atoms with Gasteiger partial charge in [0.15, 0.2) is 23.3 Å². The maximum Gasteiger partial charge on any atom is 0.259 e. The average molecular weight is 324 g/mol. The molecule has 1 amide bonds. The molecule has 0 spiro atoms. The predicted octanol–water partition coefficient (Wildman–Crippen LogP) is 3.21. The molecule has 1 aromatic heterocycles. The maximum absolute atomic E-state index is 13.5. The van der Waals surface area contributed by atoms with E-state index in [0.717, 1.165) is 6.07 Å². The van der Waals surface area contributed by atoms with Crippen molar-refractivity contribution in [1.82, 2.24) is 10.2 Å². The number of amides is 1. The summed E-state index contributed by atoms with van der Waals surface area (Å²) in [4.78, 5) is 11.9. The fourth-order valence-electron chi connectivity index (χ4n) is 1.69. The first-order valence-electron chi connectivity index (χ1n) is 6.91. The number of nitrogens with one attached hydrogen (secondary N) is 2. The van der Waals surface area contributed by atoms with Crippen LogP contribution in [0.25, 0.3) is 0 Å². The fourth-order valence-corrected chi connectivity index (χ4v) is 1.69. The van der Waals surface area contributed by atoms with Crippen LogP contribution in [0.4, 0.5) is 24.8 Å². The molecule has 0 bridgehead atoms. The molecule has 0 saturated heterocycles. The molecule has 0 aliphatic heterocycles. The van der Waals surface area contributed by atoms with Crippen LogP contribution >= 0.6 is 0 Å². The minimum Gasteiger partial charge on any atom is -0.368 e. The summed E-state index contributed by atoms with van der Waals surface area (Å²) in [7, 11) is 0. The van der Waals surface area contributed by atoms with Crippen molar-refractivity contribution in [1.29, 1.82) is 0 Å². The molecule has 2 aromatic rings. The van der Waals surface area contributed by atoms with E-state index in [1.165, 1.54) is 6.07 Å². The number of rotatable bonds is 5. The first kappa shape index (κ1) is 16.7. The van der Waals surface area contributed by atoms with Gasteiger partial charge in [0.1, 0.15) is 5.82 Å². The second-order valence-corrected chi connectivity index (χ2v) is 5.26. The average Bonchev–Trinajstić information content (AvgIpc) is 2.52. The summed E-state index contributed by atoms with van der Waals surface area (Å²) in [6, 6.07) is 4.59. The van der Waals surface area contributed by atoms with Crippen molar-refractivity contribution in [2.45, 2.75) is 13.8 Å². The van der Waals surface area contributed by atoms with Crippen molar-refractivity contribution in [3.8, 4) is 0 Å². The number of anilines is 2. The summed E-state index contributed by atoms with van der Waals surface area (Å²) >= 11 is 0. The molecule has 0 saturated carbocycles. The zero-order chi connectivity index (χ0) is 17.0. The molecule has 0 atom stereocenters. The topological polar surface area (TPSA) is 66.9 Å². The first-order chi connectivity index (χ1) is 10.9. The Balaban J connectivity index is 2.07. The van der Waals surface area contributed by atoms with Gasteiger partial charge in [-0.1, -0.05) is 13.8 Å². The SMILES string of the molecule is CC(C)CNc1ccc(NC(=O)c2ccc(F)c(F)c2F)nn1. The van der Waals surface area contributed by atoms with Crippen molar-refractivity contribution in [2.24, 2.45) is 5.92 Å². The Morgan fingerprint density at radius 2 is 1.70 bits per heavy atom. The van der Waals surface area contributed by atoms with Gasteiger partial charge in [-0.15, -0.1) is 10.2 Å². The van der Waals surface area contributed by atoms with E-state index in [1.807, 2.05) is 13.8 Å². The Morgan fingerprint density at radius 3 is 2.30 bits per heavy atom. The van der Waals surface area contributed by atoms with Gasteiger partial charge in [0.05, 0.1) is 5.56 Å². The number of hydrogen-bond acceptors (Lipinski definition) is 4. The number of halogens is 3. The number of aromatic nitrogens is 2. The molecule has 0 aliphatic carbocycles. The summed E-state index contributed by atoms with van der Waals surface area (Å²) in [5, 5.41) is 12.9. The van der Waals surface area contributed by atoms with Crippen LogP contribution < -0.4 is 10.6 Å². The Kier molecular flexibility index (Phi) is 5.15. The van der Waals surface area contributed by atoms with Crippen molar-refractivity contribution < 1.29 is 18.0 Å². The number of carbonyl (C=O) groups is 1. The van der Waals surface area contributed by atoms with Crippen LogP contribution in [0.3, 0.4) is 0 Å². The van der Waals surface area contributed by atoms with Gasteiger partial charge in [-0.05, 0) is 30.2 Å². The summed E-state index contributed by atoms with van der Waals surface area (Å²) < 4.78 is 39.5. The molecule has 0 aliphatic rings. The van der Waals surface area contributed by atoms with Gasteiger partial charge in [-0.25, -0.2) is 13.2 Å². The lowest BCUT2D eigenvalue weighted by atomic mass is 10.2. The zero-order valence-corrected chi connectivity index (χ0v) is 12.5. The molecule has 5 nitrogen and oxygen atoms in total. The van der Waals surface area contributed by atoms with E-state index in [4.69, 9.17) is 0 Å². The number of benzene rings is 1. The van der Waals surface area contributed by atoms with E-state index in [9.17, 15) is 18.0 Å². The summed E-state index contributed by atoms with van der Waals surface area (Å²) in [6.07, 6.45) is 0. The molecule has 8 heteroatoms. The fraction of sp³-hybridized carbons (Fsp3) is 0.267. The minimum absolute atomic E-state index is 0.0641. The molecule has 2 rings (SSSR count). The monoisotopic (exact) mass is 324 g/mol. The van der Waals surface area contributed by atoms with E-state index in [1.54, 1.807) is 6.07 Å². The molecule has 122 valence electrons. The molecule has 0 unspecified atom stereocenters. The van der Waals surface area contributed by atoms with Crippen molar-refractivity contribution >= 4 is 17.5 Å². The third kappa shape index (κ3) is 4.18. The highest BCUT2D eigenvalue weighted by molar-refractivity contribution is 6.03.